The third-order valence-corrected chi connectivity index (χ3v) is 4.50. The Morgan fingerprint density at radius 1 is 1.24 bits per heavy atom. The number of methoxy groups -OCH3 is 1. The normalized spacial score (nSPS) is 17.4. The van der Waals surface area contributed by atoms with Gasteiger partial charge < -0.3 is 14.4 Å². The van der Waals surface area contributed by atoms with Crippen LogP contribution in [-0.2, 0) is 16.0 Å². The van der Waals surface area contributed by atoms with Crippen LogP contribution in [0.3, 0.4) is 0 Å². The molecule has 1 atom stereocenters. The number of amides is 1. The van der Waals surface area contributed by atoms with Gasteiger partial charge in [-0.2, -0.15) is 0 Å². The standard InChI is InChI=1S/C20H22FNO3/c1-24-19-5-3-2-4-16(19)8-11-20(23)22-12-13-25-14-18(22)15-6-9-17(21)10-7-15/h2-7,9-10,18H,8,11-14H2,1H3. The fourth-order valence-electron chi connectivity index (χ4n) is 3.16. The number of ether oxygens (including phenoxy) is 2. The van der Waals surface area contributed by atoms with E-state index < -0.39 is 0 Å². The monoisotopic (exact) mass is 343 g/mol. The molecule has 0 aromatic heterocycles. The number of hydrogen-bond donors (Lipinski definition) is 0. The molecular formula is C20H22FNO3. The van der Waals surface area contributed by atoms with E-state index in [4.69, 9.17) is 9.47 Å². The number of benzene rings is 2. The molecule has 0 N–H and O–H groups in total. The van der Waals surface area contributed by atoms with Gasteiger partial charge in [-0.15, -0.1) is 0 Å². The third kappa shape index (κ3) is 4.17. The molecule has 0 bridgehead atoms. The topological polar surface area (TPSA) is 38.8 Å². The maximum Gasteiger partial charge on any atom is 0.223 e. The lowest BCUT2D eigenvalue weighted by molar-refractivity contribution is -0.140. The number of morpholine rings is 1. The smallest absolute Gasteiger partial charge is 0.223 e. The van der Waals surface area contributed by atoms with E-state index in [-0.39, 0.29) is 17.8 Å². The average Bonchev–Trinajstić information content (AvgIpc) is 2.67. The first-order chi connectivity index (χ1) is 12.2. The van der Waals surface area contributed by atoms with Gasteiger partial charge in [-0.25, -0.2) is 4.39 Å². The number of para-hydroxylation sites is 1. The molecule has 2 aromatic rings. The Morgan fingerprint density at radius 3 is 2.76 bits per heavy atom. The van der Waals surface area contributed by atoms with Gasteiger partial charge in [0.25, 0.3) is 0 Å². The molecule has 3 rings (SSSR count). The lowest BCUT2D eigenvalue weighted by Crippen LogP contribution is -2.43. The van der Waals surface area contributed by atoms with Gasteiger partial charge in [0, 0.05) is 13.0 Å². The number of carbonyl (C=O) groups excluding carboxylic acids is 1. The van der Waals surface area contributed by atoms with Crippen LogP contribution in [0.2, 0.25) is 0 Å². The molecule has 1 aliphatic rings. The van der Waals surface area contributed by atoms with Crippen molar-refractivity contribution in [3.63, 3.8) is 0 Å². The third-order valence-electron chi connectivity index (χ3n) is 4.50. The predicted molar refractivity (Wildman–Crippen MR) is 93.0 cm³/mol. The molecule has 2 aromatic carbocycles. The van der Waals surface area contributed by atoms with Crippen molar-refractivity contribution in [2.24, 2.45) is 0 Å². The van der Waals surface area contributed by atoms with E-state index in [1.165, 1.54) is 12.1 Å². The summed E-state index contributed by atoms with van der Waals surface area (Å²) in [6.45, 7) is 1.51. The van der Waals surface area contributed by atoms with E-state index in [9.17, 15) is 9.18 Å². The summed E-state index contributed by atoms with van der Waals surface area (Å²) in [6.07, 6.45) is 1.02. The first-order valence-electron chi connectivity index (χ1n) is 8.43. The van der Waals surface area contributed by atoms with Crippen LogP contribution in [-0.4, -0.2) is 37.7 Å². The minimum atomic E-state index is -0.283. The molecule has 0 radical (unpaired) electrons. The Hall–Kier alpha value is -2.40. The molecule has 1 saturated heterocycles. The van der Waals surface area contributed by atoms with Crippen molar-refractivity contribution < 1.29 is 18.7 Å². The zero-order valence-corrected chi connectivity index (χ0v) is 14.3. The summed E-state index contributed by atoms with van der Waals surface area (Å²) in [4.78, 5) is 14.6. The molecule has 4 nitrogen and oxygen atoms in total. The van der Waals surface area contributed by atoms with E-state index in [2.05, 4.69) is 0 Å². The number of aryl methyl sites for hydroxylation is 1. The van der Waals surface area contributed by atoms with Crippen LogP contribution >= 0.6 is 0 Å². The van der Waals surface area contributed by atoms with Crippen LogP contribution < -0.4 is 4.74 Å². The maximum atomic E-state index is 13.2. The Bertz CT molecular complexity index is 717. The summed E-state index contributed by atoms with van der Waals surface area (Å²) in [5.41, 5.74) is 1.91. The van der Waals surface area contributed by atoms with Crippen molar-refractivity contribution >= 4 is 5.91 Å². The van der Waals surface area contributed by atoms with Gasteiger partial charge in [-0.05, 0) is 35.7 Å². The van der Waals surface area contributed by atoms with E-state index in [0.29, 0.717) is 32.6 Å². The highest BCUT2D eigenvalue weighted by Crippen LogP contribution is 2.26. The van der Waals surface area contributed by atoms with Gasteiger partial charge in [0.15, 0.2) is 0 Å². The maximum absolute atomic E-state index is 13.2. The van der Waals surface area contributed by atoms with Crippen molar-refractivity contribution in [1.29, 1.82) is 0 Å². The van der Waals surface area contributed by atoms with Crippen molar-refractivity contribution in [3.8, 4) is 5.75 Å². The molecule has 132 valence electrons. The summed E-state index contributed by atoms with van der Waals surface area (Å²) >= 11 is 0. The van der Waals surface area contributed by atoms with Crippen LogP contribution in [0.1, 0.15) is 23.6 Å². The summed E-state index contributed by atoms with van der Waals surface area (Å²) < 4.78 is 24.0. The van der Waals surface area contributed by atoms with Crippen LogP contribution in [0.5, 0.6) is 5.75 Å². The van der Waals surface area contributed by atoms with Gasteiger partial charge in [-0.3, -0.25) is 4.79 Å². The quantitative estimate of drug-likeness (QED) is 0.835. The zero-order valence-electron chi connectivity index (χ0n) is 14.3. The van der Waals surface area contributed by atoms with Gasteiger partial charge in [0.2, 0.25) is 5.91 Å². The van der Waals surface area contributed by atoms with Gasteiger partial charge in [0.05, 0.1) is 26.4 Å². The lowest BCUT2D eigenvalue weighted by atomic mass is 10.0. The number of halogens is 1. The van der Waals surface area contributed by atoms with Crippen molar-refractivity contribution in [2.75, 3.05) is 26.9 Å². The molecule has 25 heavy (non-hydrogen) atoms. The Balaban J connectivity index is 1.69. The van der Waals surface area contributed by atoms with Gasteiger partial charge in [-0.1, -0.05) is 30.3 Å². The van der Waals surface area contributed by atoms with E-state index in [0.717, 1.165) is 16.9 Å². The van der Waals surface area contributed by atoms with Gasteiger partial charge in [0.1, 0.15) is 11.6 Å². The Kier molecular flexibility index (Phi) is 5.66. The van der Waals surface area contributed by atoms with Crippen LogP contribution in [0.4, 0.5) is 4.39 Å². The van der Waals surface area contributed by atoms with Crippen LogP contribution in [0, 0.1) is 5.82 Å². The Morgan fingerprint density at radius 2 is 2.00 bits per heavy atom. The number of nitrogens with zero attached hydrogens (tertiary/aromatic N) is 1. The molecule has 0 spiro atoms. The molecule has 1 aliphatic heterocycles. The summed E-state index contributed by atoms with van der Waals surface area (Å²) in [5.74, 6) is 0.588. The second-order valence-electron chi connectivity index (χ2n) is 6.04. The number of carbonyl (C=O) groups is 1. The zero-order chi connectivity index (χ0) is 17.6. The largest absolute Gasteiger partial charge is 0.496 e. The molecule has 1 heterocycles. The summed E-state index contributed by atoms with van der Waals surface area (Å²) in [5, 5.41) is 0. The second kappa shape index (κ2) is 8.12. The summed E-state index contributed by atoms with van der Waals surface area (Å²) in [7, 11) is 1.63. The van der Waals surface area contributed by atoms with Crippen molar-refractivity contribution in [2.45, 2.75) is 18.9 Å². The molecule has 0 aliphatic carbocycles. The summed E-state index contributed by atoms with van der Waals surface area (Å²) in [6, 6.07) is 13.8. The SMILES string of the molecule is COc1ccccc1CCC(=O)N1CCOCC1c1ccc(F)cc1. The minimum absolute atomic E-state index is 0.0727. The lowest BCUT2D eigenvalue weighted by Gasteiger charge is -2.36. The number of hydrogen-bond acceptors (Lipinski definition) is 3. The van der Waals surface area contributed by atoms with E-state index in [1.807, 2.05) is 29.2 Å². The number of rotatable bonds is 5. The molecule has 5 heteroatoms. The van der Waals surface area contributed by atoms with Crippen molar-refractivity contribution in [1.82, 2.24) is 4.90 Å². The fraction of sp³-hybridized carbons (Fsp3) is 0.350. The molecule has 1 unspecified atom stereocenters. The fourth-order valence-corrected chi connectivity index (χ4v) is 3.16. The second-order valence-corrected chi connectivity index (χ2v) is 6.04. The minimum Gasteiger partial charge on any atom is -0.496 e. The predicted octanol–water partition coefficient (Wildman–Crippen LogP) is 3.37. The van der Waals surface area contributed by atoms with Crippen LogP contribution in [0.15, 0.2) is 48.5 Å². The molecule has 0 saturated carbocycles. The molecule has 1 fully saturated rings. The first kappa shape index (κ1) is 17.4. The van der Waals surface area contributed by atoms with Crippen LogP contribution in [0.25, 0.3) is 0 Å². The molecular weight excluding hydrogens is 321 g/mol. The van der Waals surface area contributed by atoms with E-state index >= 15 is 0 Å². The molecule has 1 amide bonds. The first-order valence-corrected chi connectivity index (χ1v) is 8.43. The van der Waals surface area contributed by atoms with E-state index in [1.54, 1.807) is 19.2 Å². The highest BCUT2D eigenvalue weighted by molar-refractivity contribution is 5.77. The van der Waals surface area contributed by atoms with Gasteiger partial charge >= 0.3 is 0 Å². The van der Waals surface area contributed by atoms with Crippen molar-refractivity contribution in [3.05, 3.63) is 65.5 Å². The highest BCUT2D eigenvalue weighted by atomic mass is 19.1. The average molecular weight is 343 g/mol. The highest BCUT2D eigenvalue weighted by Gasteiger charge is 2.28. The Labute approximate surface area is 147 Å².